The second-order valence-electron chi connectivity index (χ2n) is 5.74. The summed E-state index contributed by atoms with van der Waals surface area (Å²) in [4.78, 5) is 23.4. The van der Waals surface area contributed by atoms with Crippen molar-refractivity contribution < 1.29 is 23.8 Å². The van der Waals surface area contributed by atoms with Gasteiger partial charge in [0.1, 0.15) is 12.7 Å². The number of benzene rings is 1. The van der Waals surface area contributed by atoms with E-state index < -0.39 is 11.8 Å². The van der Waals surface area contributed by atoms with Crippen LogP contribution >= 0.6 is 0 Å². The third-order valence-corrected chi connectivity index (χ3v) is 3.32. The summed E-state index contributed by atoms with van der Waals surface area (Å²) in [6.07, 6.45) is 0.496. The molecule has 1 aromatic carbocycles. The van der Waals surface area contributed by atoms with Gasteiger partial charge in [-0.3, -0.25) is 9.59 Å². The molecule has 1 unspecified atom stereocenters. The zero-order chi connectivity index (χ0) is 17.4. The number of carbonyl (C=O) groups excluding carboxylic acids is 2. The van der Waals surface area contributed by atoms with Crippen LogP contribution < -0.4 is 20.1 Å². The van der Waals surface area contributed by atoms with Crippen molar-refractivity contribution in [1.29, 1.82) is 0 Å². The van der Waals surface area contributed by atoms with Gasteiger partial charge in [-0.2, -0.15) is 0 Å². The summed E-state index contributed by atoms with van der Waals surface area (Å²) >= 11 is 0. The average Bonchev–Trinajstić information content (AvgIpc) is 2.58. The highest BCUT2D eigenvalue weighted by Gasteiger charge is 2.22. The lowest BCUT2D eigenvalue weighted by Crippen LogP contribution is -2.46. The predicted octanol–water partition coefficient (Wildman–Crippen LogP) is 0.874. The smallest absolute Gasteiger partial charge is 0.309 e. The highest BCUT2D eigenvalue weighted by atomic mass is 16.6. The topological polar surface area (TPSA) is 85.9 Å². The molecule has 24 heavy (non-hydrogen) atoms. The van der Waals surface area contributed by atoms with Crippen molar-refractivity contribution in [2.75, 3.05) is 26.3 Å². The Morgan fingerprint density at radius 1 is 1.21 bits per heavy atom. The first-order valence-electron chi connectivity index (χ1n) is 8.12. The molecule has 1 heterocycles. The Balaban J connectivity index is 1.63. The van der Waals surface area contributed by atoms with Gasteiger partial charge < -0.3 is 24.8 Å². The Labute approximate surface area is 141 Å². The maximum absolute atomic E-state index is 11.8. The normalized spacial score (nSPS) is 15.9. The molecule has 0 saturated carbocycles. The van der Waals surface area contributed by atoms with Crippen LogP contribution in [0.15, 0.2) is 24.3 Å². The van der Waals surface area contributed by atoms with E-state index in [0.717, 1.165) is 0 Å². The number of nitrogens with one attached hydrogen (secondary N) is 2. The van der Waals surface area contributed by atoms with E-state index >= 15 is 0 Å². The molecule has 2 N–H and O–H groups in total. The molecule has 132 valence electrons. The summed E-state index contributed by atoms with van der Waals surface area (Å²) in [7, 11) is 0. The van der Waals surface area contributed by atoms with Crippen LogP contribution in [0.5, 0.6) is 11.5 Å². The Morgan fingerprint density at radius 2 is 1.92 bits per heavy atom. The summed E-state index contributed by atoms with van der Waals surface area (Å²) in [6, 6.07) is 7.33. The van der Waals surface area contributed by atoms with Crippen molar-refractivity contribution in [3.8, 4) is 11.5 Å². The van der Waals surface area contributed by atoms with Crippen molar-refractivity contribution in [1.82, 2.24) is 10.6 Å². The molecule has 7 nitrogen and oxygen atoms in total. The van der Waals surface area contributed by atoms with Crippen molar-refractivity contribution in [3.05, 3.63) is 24.3 Å². The summed E-state index contributed by atoms with van der Waals surface area (Å²) < 4.78 is 16.6. The number of hydrogen-bond acceptors (Lipinski definition) is 5. The van der Waals surface area contributed by atoms with Gasteiger partial charge >= 0.3 is 11.8 Å². The number of fused-ring (bicyclic) bond motifs is 1. The number of carbonyl (C=O) groups is 2. The van der Waals surface area contributed by atoms with Gasteiger partial charge in [0.25, 0.3) is 0 Å². The molecular formula is C17H24N2O5. The van der Waals surface area contributed by atoms with Gasteiger partial charge in [-0.15, -0.1) is 0 Å². The second-order valence-corrected chi connectivity index (χ2v) is 5.74. The molecule has 0 fully saturated rings. The van der Waals surface area contributed by atoms with Gasteiger partial charge in [-0.1, -0.05) is 12.1 Å². The minimum absolute atomic E-state index is 0.159. The Kier molecular flexibility index (Phi) is 6.87. The van der Waals surface area contributed by atoms with Crippen LogP contribution in [0.3, 0.4) is 0 Å². The fraction of sp³-hybridized carbons (Fsp3) is 0.529. The average molecular weight is 336 g/mol. The van der Waals surface area contributed by atoms with E-state index in [9.17, 15) is 9.59 Å². The van der Waals surface area contributed by atoms with Crippen LogP contribution in [0, 0.1) is 0 Å². The third-order valence-electron chi connectivity index (χ3n) is 3.32. The Morgan fingerprint density at radius 3 is 2.67 bits per heavy atom. The molecule has 2 rings (SSSR count). The molecule has 1 aliphatic rings. The molecular weight excluding hydrogens is 312 g/mol. The quantitative estimate of drug-likeness (QED) is 0.570. The van der Waals surface area contributed by atoms with E-state index in [4.69, 9.17) is 14.2 Å². The minimum Gasteiger partial charge on any atom is -0.486 e. The minimum atomic E-state index is -0.678. The zero-order valence-electron chi connectivity index (χ0n) is 14.0. The van der Waals surface area contributed by atoms with Crippen molar-refractivity contribution in [2.24, 2.45) is 0 Å². The third kappa shape index (κ3) is 5.73. The number of ether oxygens (including phenoxy) is 3. The van der Waals surface area contributed by atoms with Crippen molar-refractivity contribution in [3.63, 3.8) is 0 Å². The standard InChI is InChI=1S/C17H24N2O5/c1-12(2)22-9-5-8-18-16(20)17(21)19-10-13-11-23-14-6-3-4-7-15(14)24-13/h3-4,6-7,12-13H,5,8-11H2,1-2H3,(H,18,20)(H,19,21). The predicted molar refractivity (Wildman–Crippen MR) is 88.1 cm³/mol. The summed E-state index contributed by atoms with van der Waals surface area (Å²) in [6.45, 7) is 5.37. The Hall–Kier alpha value is -2.28. The first kappa shape index (κ1) is 18.1. The SMILES string of the molecule is CC(C)OCCCNC(=O)C(=O)NCC1COc2ccccc2O1. The van der Waals surface area contributed by atoms with E-state index in [-0.39, 0.29) is 18.8 Å². The van der Waals surface area contributed by atoms with Crippen LogP contribution in [0.4, 0.5) is 0 Å². The van der Waals surface area contributed by atoms with Gasteiger partial charge in [0, 0.05) is 13.2 Å². The van der Waals surface area contributed by atoms with Crippen LogP contribution in [0.1, 0.15) is 20.3 Å². The highest BCUT2D eigenvalue weighted by Crippen LogP contribution is 2.30. The maximum Gasteiger partial charge on any atom is 0.309 e. The van der Waals surface area contributed by atoms with Crippen LogP contribution in [-0.2, 0) is 14.3 Å². The van der Waals surface area contributed by atoms with Gasteiger partial charge in [-0.05, 0) is 32.4 Å². The highest BCUT2D eigenvalue weighted by molar-refractivity contribution is 6.35. The molecule has 0 aliphatic carbocycles. The number of para-hydroxylation sites is 2. The van der Waals surface area contributed by atoms with E-state index in [1.807, 2.05) is 32.0 Å². The molecule has 7 heteroatoms. The van der Waals surface area contributed by atoms with Gasteiger partial charge in [0.2, 0.25) is 0 Å². The maximum atomic E-state index is 11.8. The summed E-state index contributed by atoms with van der Waals surface area (Å²) in [5.74, 6) is -0.0158. The first-order chi connectivity index (χ1) is 11.6. The van der Waals surface area contributed by atoms with Crippen molar-refractivity contribution in [2.45, 2.75) is 32.5 Å². The second kappa shape index (κ2) is 9.12. The lowest BCUT2D eigenvalue weighted by atomic mass is 10.2. The molecule has 0 spiro atoms. The molecule has 0 radical (unpaired) electrons. The fourth-order valence-electron chi connectivity index (χ4n) is 2.12. The summed E-state index contributed by atoms with van der Waals surface area (Å²) in [5.41, 5.74) is 0. The number of hydrogen-bond donors (Lipinski definition) is 2. The number of rotatable bonds is 7. The Bertz CT molecular complexity index is 562. The molecule has 1 aromatic rings. The van der Waals surface area contributed by atoms with Crippen LogP contribution in [-0.4, -0.2) is 50.3 Å². The zero-order valence-corrected chi connectivity index (χ0v) is 14.0. The monoisotopic (exact) mass is 336 g/mol. The van der Waals surface area contributed by atoms with Crippen LogP contribution in [0.2, 0.25) is 0 Å². The summed E-state index contributed by atoms with van der Waals surface area (Å²) in [5, 5.41) is 5.11. The molecule has 1 atom stereocenters. The lowest BCUT2D eigenvalue weighted by molar-refractivity contribution is -0.139. The van der Waals surface area contributed by atoms with Gasteiger partial charge in [0.15, 0.2) is 11.5 Å². The molecule has 1 aliphatic heterocycles. The molecule has 0 bridgehead atoms. The van der Waals surface area contributed by atoms with E-state index in [1.165, 1.54) is 0 Å². The first-order valence-corrected chi connectivity index (χ1v) is 8.12. The van der Waals surface area contributed by atoms with E-state index in [0.29, 0.717) is 37.7 Å². The van der Waals surface area contributed by atoms with Crippen molar-refractivity contribution >= 4 is 11.8 Å². The van der Waals surface area contributed by atoms with E-state index in [2.05, 4.69) is 10.6 Å². The van der Waals surface area contributed by atoms with Gasteiger partial charge in [0.05, 0.1) is 12.6 Å². The molecule has 0 saturated heterocycles. The fourth-order valence-corrected chi connectivity index (χ4v) is 2.12. The molecule has 2 amide bonds. The van der Waals surface area contributed by atoms with Crippen LogP contribution in [0.25, 0.3) is 0 Å². The largest absolute Gasteiger partial charge is 0.486 e. The van der Waals surface area contributed by atoms with E-state index in [1.54, 1.807) is 6.07 Å². The van der Waals surface area contributed by atoms with Gasteiger partial charge in [-0.25, -0.2) is 0 Å². The number of amides is 2. The lowest BCUT2D eigenvalue weighted by Gasteiger charge is -2.26. The molecule has 0 aromatic heterocycles.